The predicted molar refractivity (Wildman–Crippen MR) is 96.2 cm³/mol. The van der Waals surface area contributed by atoms with Crippen molar-refractivity contribution < 1.29 is 9.53 Å². The number of thiophene rings is 1. The molecule has 0 unspecified atom stereocenters. The lowest BCUT2D eigenvalue weighted by Gasteiger charge is -2.12. The molecule has 3 rings (SSSR count). The monoisotopic (exact) mass is 325 g/mol. The maximum Gasteiger partial charge on any atom is 0.216 e. The predicted octanol–water partition coefficient (Wildman–Crippen LogP) is 4.26. The van der Waals surface area contributed by atoms with E-state index < -0.39 is 0 Å². The van der Waals surface area contributed by atoms with Crippen LogP contribution in [0, 0.1) is 0 Å². The third-order valence-corrected chi connectivity index (χ3v) is 4.83. The van der Waals surface area contributed by atoms with Crippen LogP contribution in [0.5, 0.6) is 5.75 Å². The van der Waals surface area contributed by atoms with Crippen LogP contribution >= 0.6 is 11.3 Å². The highest BCUT2D eigenvalue weighted by atomic mass is 32.1. The van der Waals surface area contributed by atoms with Crippen LogP contribution in [0.15, 0.2) is 47.8 Å². The molecule has 3 aromatic rings. The molecule has 0 radical (unpaired) electrons. The Kier molecular flexibility index (Phi) is 4.63. The number of fused-ring (bicyclic) bond motifs is 1. The van der Waals surface area contributed by atoms with Crippen molar-refractivity contribution >= 4 is 27.3 Å². The van der Waals surface area contributed by atoms with E-state index in [1.807, 2.05) is 24.3 Å². The van der Waals surface area contributed by atoms with E-state index in [1.165, 1.54) is 15.6 Å². The fourth-order valence-corrected chi connectivity index (χ4v) is 3.80. The maximum atomic E-state index is 11.1. The zero-order valence-corrected chi connectivity index (χ0v) is 14.1. The lowest BCUT2D eigenvalue weighted by molar-refractivity contribution is -0.118. The van der Waals surface area contributed by atoms with Crippen LogP contribution in [-0.2, 0) is 11.2 Å². The Morgan fingerprint density at radius 3 is 2.65 bits per heavy atom. The molecule has 0 saturated heterocycles. The van der Waals surface area contributed by atoms with Crippen molar-refractivity contribution in [1.29, 1.82) is 0 Å². The van der Waals surface area contributed by atoms with Gasteiger partial charge in [-0.05, 0) is 35.1 Å². The van der Waals surface area contributed by atoms with E-state index in [9.17, 15) is 4.79 Å². The van der Waals surface area contributed by atoms with E-state index in [-0.39, 0.29) is 5.91 Å². The van der Waals surface area contributed by atoms with E-state index in [4.69, 9.17) is 4.74 Å². The van der Waals surface area contributed by atoms with Crippen LogP contribution in [0.3, 0.4) is 0 Å². The number of nitrogens with one attached hydrogen (secondary N) is 1. The number of carbonyl (C=O) groups excluding carboxylic acids is 1. The first-order valence-electron chi connectivity index (χ1n) is 7.57. The van der Waals surface area contributed by atoms with Gasteiger partial charge in [0.2, 0.25) is 5.91 Å². The third-order valence-electron chi connectivity index (χ3n) is 3.83. The molecule has 0 spiro atoms. The van der Waals surface area contributed by atoms with Crippen LogP contribution < -0.4 is 10.1 Å². The molecule has 1 heterocycles. The second kappa shape index (κ2) is 6.84. The molecular weight excluding hydrogens is 306 g/mol. The van der Waals surface area contributed by atoms with Gasteiger partial charge in [-0.3, -0.25) is 4.79 Å². The summed E-state index contributed by atoms with van der Waals surface area (Å²) in [5, 5.41) is 6.28. The van der Waals surface area contributed by atoms with Gasteiger partial charge in [0.05, 0.1) is 7.11 Å². The molecule has 118 valence electrons. The van der Waals surface area contributed by atoms with Gasteiger partial charge in [0.25, 0.3) is 0 Å². The Bertz CT molecular complexity index is 824. The van der Waals surface area contributed by atoms with E-state index in [0.717, 1.165) is 23.3 Å². The second-order valence-electron chi connectivity index (χ2n) is 5.38. The molecule has 1 amide bonds. The molecule has 2 aromatic carbocycles. The fraction of sp³-hybridized carbons (Fsp3) is 0.211. The molecule has 1 N–H and O–H groups in total. The summed E-state index contributed by atoms with van der Waals surface area (Å²) in [6.45, 7) is 2.19. The van der Waals surface area contributed by atoms with Crippen molar-refractivity contribution in [3.05, 3.63) is 53.4 Å². The van der Waals surface area contributed by atoms with E-state index in [2.05, 4.69) is 28.9 Å². The van der Waals surface area contributed by atoms with Crippen molar-refractivity contribution in [2.45, 2.75) is 13.3 Å². The molecule has 23 heavy (non-hydrogen) atoms. The minimum absolute atomic E-state index is 0.00500. The molecule has 3 nitrogen and oxygen atoms in total. The van der Waals surface area contributed by atoms with Gasteiger partial charge in [-0.25, -0.2) is 0 Å². The molecule has 0 atom stereocenters. The summed E-state index contributed by atoms with van der Waals surface area (Å²) >= 11 is 1.73. The normalized spacial score (nSPS) is 10.7. The molecule has 0 fully saturated rings. The largest absolute Gasteiger partial charge is 0.496 e. The smallest absolute Gasteiger partial charge is 0.216 e. The van der Waals surface area contributed by atoms with Gasteiger partial charge in [-0.1, -0.05) is 30.3 Å². The Morgan fingerprint density at radius 1 is 1.17 bits per heavy atom. The van der Waals surface area contributed by atoms with Crippen LogP contribution in [0.25, 0.3) is 21.2 Å². The van der Waals surface area contributed by atoms with Gasteiger partial charge in [0, 0.05) is 29.1 Å². The van der Waals surface area contributed by atoms with Gasteiger partial charge in [0.15, 0.2) is 0 Å². The number of hydrogen-bond acceptors (Lipinski definition) is 3. The molecule has 4 heteroatoms. The molecule has 0 aliphatic carbocycles. The lowest BCUT2D eigenvalue weighted by Crippen LogP contribution is -2.22. The summed E-state index contributed by atoms with van der Waals surface area (Å²) in [4.78, 5) is 11.1. The van der Waals surface area contributed by atoms with Gasteiger partial charge < -0.3 is 10.1 Å². The average Bonchev–Trinajstić information content (AvgIpc) is 2.97. The Morgan fingerprint density at radius 2 is 1.96 bits per heavy atom. The van der Waals surface area contributed by atoms with Crippen molar-refractivity contribution in [3.8, 4) is 16.9 Å². The maximum absolute atomic E-state index is 11.1. The number of methoxy groups -OCH3 is 1. The van der Waals surface area contributed by atoms with Crippen LogP contribution in [0.2, 0.25) is 0 Å². The van der Waals surface area contributed by atoms with Gasteiger partial charge in [-0.2, -0.15) is 0 Å². The minimum Gasteiger partial charge on any atom is -0.496 e. The highest BCUT2D eigenvalue weighted by Gasteiger charge is 2.15. The number of amides is 1. The second-order valence-corrected chi connectivity index (χ2v) is 6.29. The first-order valence-corrected chi connectivity index (χ1v) is 8.45. The standard InChI is InChI=1S/C19H19NO2S/c1-13(21)20-11-10-15-12-23-17-9-8-16(22-2)18(19(15)17)14-6-4-3-5-7-14/h3-9,12H,10-11H2,1-2H3,(H,20,21). The highest BCUT2D eigenvalue weighted by molar-refractivity contribution is 7.17. The first-order chi connectivity index (χ1) is 11.2. The molecular formula is C19H19NO2S. The summed E-state index contributed by atoms with van der Waals surface area (Å²) in [6.07, 6.45) is 0.812. The molecule has 0 aliphatic heterocycles. The number of rotatable bonds is 5. The molecule has 0 saturated carbocycles. The molecule has 1 aromatic heterocycles. The number of benzene rings is 2. The van der Waals surface area contributed by atoms with Gasteiger partial charge in [-0.15, -0.1) is 11.3 Å². The minimum atomic E-state index is 0.00500. The summed E-state index contributed by atoms with van der Waals surface area (Å²) < 4.78 is 6.85. The molecule has 0 aliphatic rings. The Hall–Kier alpha value is -2.33. The van der Waals surface area contributed by atoms with E-state index >= 15 is 0 Å². The summed E-state index contributed by atoms with van der Waals surface area (Å²) in [5.74, 6) is 0.883. The van der Waals surface area contributed by atoms with Crippen molar-refractivity contribution in [2.24, 2.45) is 0 Å². The summed E-state index contributed by atoms with van der Waals surface area (Å²) in [5.41, 5.74) is 3.52. The van der Waals surface area contributed by atoms with Gasteiger partial charge >= 0.3 is 0 Å². The van der Waals surface area contributed by atoms with E-state index in [0.29, 0.717) is 6.54 Å². The summed E-state index contributed by atoms with van der Waals surface area (Å²) in [7, 11) is 1.71. The quantitative estimate of drug-likeness (QED) is 0.761. The lowest BCUT2D eigenvalue weighted by atomic mass is 9.97. The zero-order chi connectivity index (χ0) is 16.2. The fourth-order valence-electron chi connectivity index (χ4n) is 2.79. The van der Waals surface area contributed by atoms with Crippen LogP contribution in [0.4, 0.5) is 0 Å². The number of ether oxygens (including phenoxy) is 1. The highest BCUT2D eigenvalue weighted by Crippen LogP contribution is 2.41. The van der Waals surface area contributed by atoms with Crippen LogP contribution in [0.1, 0.15) is 12.5 Å². The number of hydrogen-bond donors (Lipinski definition) is 1. The molecule has 0 bridgehead atoms. The van der Waals surface area contributed by atoms with Crippen molar-refractivity contribution in [3.63, 3.8) is 0 Å². The zero-order valence-electron chi connectivity index (χ0n) is 13.3. The third kappa shape index (κ3) is 3.22. The van der Waals surface area contributed by atoms with E-state index in [1.54, 1.807) is 25.4 Å². The van der Waals surface area contributed by atoms with Crippen LogP contribution in [-0.4, -0.2) is 19.6 Å². The average molecular weight is 325 g/mol. The Balaban J connectivity index is 2.11. The van der Waals surface area contributed by atoms with Gasteiger partial charge in [0.1, 0.15) is 5.75 Å². The summed E-state index contributed by atoms with van der Waals surface area (Å²) in [6, 6.07) is 14.4. The number of carbonyl (C=O) groups is 1. The Labute approximate surface area is 139 Å². The van der Waals surface area contributed by atoms with Crippen molar-refractivity contribution in [1.82, 2.24) is 5.32 Å². The SMILES string of the molecule is COc1ccc2scc(CCNC(C)=O)c2c1-c1ccccc1. The first kappa shape index (κ1) is 15.6. The van der Waals surface area contributed by atoms with Crippen molar-refractivity contribution in [2.75, 3.05) is 13.7 Å². The topological polar surface area (TPSA) is 38.3 Å².